The van der Waals surface area contributed by atoms with Crippen LogP contribution in [0.15, 0.2) is 36.7 Å². The van der Waals surface area contributed by atoms with Crippen LogP contribution in [0.1, 0.15) is 0 Å². The van der Waals surface area contributed by atoms with Crippen LogP contribution in [0.2, 0.25) is 0 Å². The number of rotatable bonds is 2. The van der Waals surface area contributed by atoms with Gasteiger partial charge in [-0.05, 0) is 24.3 Å². The van der Waals surface area contributed by atoms with Crippen LogP contribution in [0, 0.1) is 0 Å². The lowest BCUT2D eigenvalue weighted by atomic mass is 10.3. The molecule has 0 amide bonds. The van der Waals surface area contributed by atoms with Crippen LogP contribution in [-0.4, -0.2) is 62.3 Å². The molecule has 6 N–H and O–H groups in total. The molecule has 28 heavy (non-hydrogen) atoms. The van der Waals surface area contributed by atoms with E-state index in [9.17, 15) is 0 Å². The average molecular weight is 429 g/mol. The molecule has 4 heterocycles. The minimum absolute atomic E-state index is 0. The highest BCUT2D eigenvalue weighted by molar-refractivity contribution is 5.85. The molecule has 0 unspecified atom stereocenters. The minimum Gasteiger partial charge on any atom is -0.384 e. The van der Waals surface area contributed by atoms with Crippen molar-refractivity contribution in [1.29, 1.82) is 0 Å². The zero-order valence-electron chi connectivity index (χ0n) is 15.9. The fourth-order valence-electron chi connectivity index (χ4n) is 3.02. The van der Waals surface area contributed by atoms with E-state index in [4.69, 9.17) is 11.5 Å². The predicted octanol–water partition coefficient (Wildman–Crippen LogP) is 0.990. The van der Waals surface area contributed by atoms with Gasteiger partial charge < -0.3 is 31.9 Å². The van der Waals surface area contributed by atoms with Crippen molar-refractivity contribution in [1.82, 2.24) is 20.6 Å². The number of anilines is 4. The first-order valence-corrected chi connectivity index (χ1v) is 9.07. The van der Waals surface area contributed by atoms with Gasteiger partial charge in [0.05, 0.1) is 23.8 Å². The molecule has 4 rings (SSSR count). The molecule has 0 bridgehead atoms. The van der Waals surface area contributed by atoms with Crippen LogP contribution in [0.3, 0.4) is 0 Å². The zero-order valence-corrected chi connectivity index (χ0v) is 17.5. The Morgan fingerprint density at radius 3 is 1.29 bits per heavy atom. The Morgan fingerprint density at radius 2 is 1.00 bits per heavy atom. The van der Waals surface area contributed by atoms with Crippen LogP contribution in [-0.2, 0) is 0 Å². The Bertz CT molecular complexity index is 597. The standard InChI is InChI=1S/2C9H14N4.2ClH/c2*10-9-2-1-8(7-12-9)13-5-3-11-4-6-13;;/h2*1-2,7,11H,3-6H2,(H2,10,12);2*1H. The van der Waals surface area contributed by atoms with Crippen molar-refractivity contribution < 1.29 is 0 Å². The molecule has 0 radical (unpaired) electrons. The monoisotopic (exact) mass is 428 g/mol. The molecule has 2 aromatic rings. The zero-order chi connectivity index (χ0) is 18.2. The molecule has 2 aliphatic heterocycles. The van der Waals surface area contributed by atoms with Crippen LogP contribution < -0.4 is 31.9 Å². The van der Waals surface area contributed by atoms with Crippen molar-refractivity contribution >= 4 is 47.8 Å². The van der Waals surface area contributed by atoms with E-state index < -0.39 is 0 Å². The molecule has 8 nitrogen and oxygen atoms in total. The number of halogens is 2. The first-order valence-electron chi connectivity index (χ1n) is 9.07. The fraction of sp³-hybridized carbons (Fsp3) is 0.444. The molecule has 0 atom stereocenters. The maximum Gasteiger partial charge on any atom is 0.123 e. The molecule has 0 saturated carbocycles. The van der Waals surface area contributed by atoms with E-state index in [0.29, 0.717) is 11.6 Å². The third-order valence-corrected chi connectivity index (χ3v) is 4.51. The number of pyridine rings is 2. The summed E-state index contributed by atoms with van der Waals surface area (Å²) in [6, 6.07) is 7.73. The second-order valence-corrected chi connectivity index (χ2v) is 6.36. The maximum absolute atomic E-state index is 5.51. The van der Waals surface area contributed by atoms with Gasteiger partial charge in [-0.25, -0.2) is 9.97 Å². The maximum atomic E-state index is 5.51. The Hall–Kier alpha value is -2.00. The molecule has 2 aromatic heterocycles. The topological polar surface area (TPSA) is 108 Å². The molecule has 2 aliphatic rings. The molecule has 0 spiro atoms. The second kappa shape index (κ2) is 12.5. The molecular formula is C18H30Cl2N8. The number of nitrogens with two attached hydrogens (primary N) is 2. The van der Waals surface area contributed by atoms with Gasteiger partial charge in [0.2, 0.25) is 0 Å². The van der Waals surface area contributed by atoms with Crippen molar-refractivity contribution in [3.63, 3.8) is 0 Å². The summed E-state index contributed by atoms with van der Waals surface area (Å²) < 4.78 is 0. The minimum atomic E-state index is 0. The SMILES string of the molecule is Cl.Cl.Nc1ccc(N2CCNCC2)cn1.Nc1ccc(N2CCNCC2)cn1. The highest BCUT2D eigenvalue weighted by Gasteiger charge is 2.10. The quantitative estimate of drug-likeness (QED) is 0.560. The first-order chi connectivity index (χ1) is 12.7. The predicted molar refractivity (Wildman–Crippen MR) is 122 cm³/mol. The smallest absolute Gasteiger partial charge is 0.123 e. The number of nitrogens with one attached hydrogen (secondary N) is 2. The van der Waals surface area contributed by atoms with Gasteiger partial charge in [0.1, 0.15) is 11.6 Å². The van der Waals surface area contributed by atoms with Crippen molar-refractivity contribution in [2.24, 2.45) is 0 Å². The summed E-state index contributed by atoms with van der Waals surface area (Å²) in [4.78, 5) is 12.8. The molecule has 10 heteroatoms. The lowest BCUT2D eigenvalue weighted by Gasteiger charge is -2.29. The molecule has 2 fully saturated rings. The van der Waals surface area contributed by atoms with E-state index in [-0.39, 0.29) is 24.8 Å². The number of hydrogen-bond donors (Lipinski definition) is 4. The third-order valence-electron chi connectivity index (χ3n) is 4.51. The summed E-state index contributed by atoms with van der Waals surface area (Å²) >= 11 is 0. The molecule has 0 aromatic carbocycles. The van der Waals surface area contributed by atoms with E-state index in [0.717, 1.165) is 63.7 Å². The summed E-state index contributed by atoms with van der Waals surface area (Å²) in [5.74, 6) is 1.16. The van der Waals surface area contributed by atoms with E-state index >= 15 is 0 Å². The largest absolute Gasteiger partial charge is 0.384 e. The van der Waals surface area contributed by atoms with Crippen molar-refractivity contribution in [2.75, 3.05) is 73.6 Å². The number of aromatic nitrogens is 2. The van der Waals surface area contributed by atoms with Crippen molar-refractivity contribution in [2.45, 2.75) is 0 Å². The van der Waals surface area contributed by atoms with Crippen LogP contribution >= 0.6 is 24.8 Å². The second-order valence-electron chi connectivity index (χ2n) is 6.36. The van der Waals surface area contributed by atoms with Crippen LogP contribution in [0.4, 0.5) is 23.0 Å². The van der Waals surface area contributed by atoms with Crippen LogP contribution in [0.5, 0.6) is 0 Å². The van der Waals surface area contributed by atoms with Gasteiger partial charge in [-0.2, -0.15) is 0 Å². The van der Waals surface area contributed by atoms with Crippen molar-refractivity contribution in [3.05, 3.63) is 36.7 Å². The van der Waals surface area contributed by atoms with Gasteiger partial charge in [-0.1, -0.05) is 0 Å². The van der Waals surface area contributed by atoms with Gasteiger partial charge in [0, 0.05) is 52.4 Å². The summed E-state index contributed by atoms with van der Waals surface area (Å²) in [6.07, 6.45) is 3.67. The molecular weight excluding hydrogens is 399 g/mol. The molecule has 156 valence electrons. The summed E-state index contributed by atoms with van der Waals surface area (Å²) in [5.41, 5.74) is 13.4. The first kappa shape index (κ1) is 24.0. The van der Waals surface area contributed by atoms with Gasteiger partial charge >= 0.3 is 0 Å². The Balaban J connectivity index is 0.000000261. The Morgan fingerprint density at radius 1 is 0.643 bits per heavy atom. The van der Waals surface area contributed by atoms with Gasteiger partial charge in [0.15, 0.2) is 0 Å². The van der Waals surface area contributed by atoms with E-state index in [2.05, 4.69) is 30.4 Å². The highest BCUT2D eigenvalue weighted by atomic mass is 35.5. The summed E-state index contributed by atoms with van der Waals surface area (Å²) in [6.45, 7) is 8.37. The lowest BCUT2D eigenvalue weighted by molar-refractivity contribution is 0.589. The van der Waals surface area contributed by atoms with E-state index in [1.54, 1.807) is 0 Å². The number of piperazine rings is 2. The van der Waals surface area contributed by atoms with Gasteiger partial charge in [-0.3, -0.25) is 0 Å². The third kappa shape index (κ3) is 7.20. The average Bonchev–Trinajstić information content (AvgIpc) is 2.71. The molecule has 2 saturated heterocycles. The summed E-state index contributed by atoms with van der Waals surface area (Å²) in [5, 5.41) is 6.62. The van der Waals surface area contributed by atoms with Gasteiger partial charge in [-0.15, -0.1) is 24.8 Å². The molecule has 0 aliphatic carbocycles. The number of nitrogen functional groups attached to an aromatic ring is 2. The normalized spacial score (nSPS) is 16.1. The van der Waals surface area contributed by atoms with Crippen molar-refractivity contribution in [3.8, 4) is 0 Å². The fourth-order valence-corrected chi connectivity index (χ4v) is 3.02. The summed E-state index contributed by atoms with van der Waals surface area (Å²) in [7, 11) is 0. The Labute approximate surface area is 178 Å². The van der Waals surface area contributed by atoms with E-state index in [1.807, 2.05) is 36.7 Å². The number of nitrogens with zero attached hydrogens (tertiary/aromatic N) is 4. The number of hydrogen-bond acceptors (Lipinski definition) is 8. The lowest BCUT2D eigenvalue weighted by Crippen LogP contribution is -2.43. The highest BCUT2D eigenvalue weighted by Crippen LogP contribution is 2.14. The van der Waals surface area contributed by atoms with E-state index in [1.165, 1.54) is 0 Å². The Kier molecular flexibility index (Phi) is 10.7. The van der Waals surface area contributed by atoms with Crippen LogP contribution in [0.25, 0.3) is 0 Å². The van der Waals surface area contributed by atoms with Gasteiger partial charge in [0.25, 0.3) is 0 Å².